The lowest BCUT2D eigenvalue weighted by molar-refractivity contribution is 0.458. The Morgan fingerprint density at radius 1 is 1.03 bits per heavy atom. The number of rotatable bonds is 9. The highest BCUT2D eigenvalue weighted by Crippen LogP contribution is 2.21. The van der Waals surface area contributed by atoms with E-state index in [0.29, 0.717) is 35.5 Å². The molecule has 0 aliphatic carbocycles. The Morgan fingerprint density at radius 3 is 2.37 bits per heavy atom. The molecule has 30 heavy (non-hydrogen) atoms. The van der Waals surface area contributed by atoms with Crippen molar-refractivity contribution in [2.45, 2.75) is 32.6 Å². The summed E-state index contributed by atoms with van der Waals surface area (Å²) in [6.07, 6.45) is 4.47. The van der Waals surface area contributed by atoms with Gasteiger partial charge in [0.05, 0.1) is 18.0 Å². The second kappa shape index (κ2) is 9.59. The largest absolute Gasteiger partial charge is 0.439 e. The normalized spacial score (nSPS) is 11.3. The van der Waals surface area contributed by atoms with E-state index < -0.39 is 10.0 Å². The molecular formula is C20H24N6O3S. The summed E-state index contributed by atoms with van der Waals surface area (Å²) in [4.78, 5) is 17.3. The number of benzene rings is 1. The van der Waals surface area contributed by atoms with Crippen LogP contribution in [0, 0.1) is 6.92 Å². The van der Waals surface area contributed by atoms with Gasteiger partial charge in [-0.3, -0.25) is 0 Å². The maximum Gasteiger partial charge on any atom is 0.222 e. The fourth-order valence-corrected chi connectivity index (χ4v) is 3.38. The number of nitrogens with zero attached hydrogens (tertiary/aromatic N) is 4. The second-order valence-corrected chi connectivity index (χ2v) is 8.50. The summed E-state index contributed by atoms with van der Waals surface area (Å²) < 4.78 is 31.4. The van der Waals surface area contributed by atoms with E-state index in [1.165, 1.54) is 7.05 Å². The van der Waals surface area contributed by atoms with Gasteiger partial charge in [0.15, 0.2) is 0 Å². The maximum absolute atomic E-state index is 11.6. The molecule has 9 nitrogen and oxygen atoms in total. The molecule has 2 aromatic heterocycles. The number of hydrogen-bond acceptors (Lipinski definition) is 8. The first-order valence-electron chi connectivity index (χ1n) is 9.44. The molecule has 3 aromatic rings. The van der Waals surface area contributed by atoms with Crippen molar-refractivity contribution in [1.29, 1.82) is 0 Å². The lowest BCUT2D eigenvalue weighted by Crippen LogP contribution is -2.20. The first kappa shape index (κ1) is 21.6. The van der Waals surface area contributed by atoms with Gasteiger partial charge < -0.3 is 10.1 Å². The van der Waals surface area contributed by atoms with Crippen molar-refractivity contribution in [2.75, 3.05) is 12.4 Å². The topological polar surface area (TPSA) is 119 Å². The molecular weight excluding hydrogens is 404 g/mol. The fourth-order valence-electron chi connectivity index (χ4n) is 2.61. The van der Waals surface area contributed by atoms with Gasteiger partial charge in [-0.25, -0.2) is 28.1 Å². The molecule has 0 aliphatic heterocycles. The molecule has 0 radical (unpaired) electrons. The van der Waals surface area contributed by atoms with Gasteiger partial charge in [-0.2, -0.15) is 4.98 Å². The maximum atomic E-state index is 11.6. The quantitative estimate of drug-likeness (QED) is 0.534. The van der Waals surface area contributed by atoms with E-state index in [2.05, 4.69) is 36.9 Å². The van der Waals surface area contributed by atoms with Crippen LogP contribution in [0.25, 0.3) is 0 Å². The monoisotopic (exact) mass is 428 g/mol. The smallest absolute Gasteiger partial charge is 0.222 e. The van der Waals surface area contributed by atoms with Crippen LogP contribution in [-0.2, 0) is 28.7 Å². The van der Waals surface area contributed by atoms with E-state index in [1.807, 2.05) is 0 Å². The van der Waals surface area contributed by atoms with Crippen molar-refractivity contribution >= 4 is 16.0 Å². The van der Waals surface area contributed by atoms with Crippen molar-refractivity contribution in [1.82, 2.24) is 24.7 Å². The first-order chi connectivity index (χ1) is 14.4. The summed E-state index contributed by atoms with van der Waals surface area (Å²) in [6, 6.07) is 8.56. The molecule has 158 valence electrons. The number of sulfonamides is 1. The Bertz CT molecular complexity index is 1090. The summed E-state index contributed by atoms with van der Waals surface area (Å²) >= 11 is 0. The molecule has 0 fully saturated rings. The van der Waals surface area contributed by atoms with Crippen molar-refractivity contribution < 1.29 is 13.2 Å². The standard InChI is InChI=1S/C20H24N6O3S/c1-4-15-10-22-20(23-11-15)24-12-17-9-19(26-14(2)25-17)29-18-7-5-16(6-8-18)13-30(27,28)21-3/h5-11,21H,4,12-13H2,1-3H3,(H,22,23,24). The highest BCUT2D eigenvalue weighted by Gasteiger charge is 2.09. The SMILES string of the molecule is CCc1cnc(NCc2cc(Oc3ccc(CS(=O)(=O)NC)cc3)nc(C)n2)nc1. The van der Waals surface area contributed by atoms with Gasteiger partial charge in [-0.1, -0.05) is 19.1 Å². The van der Waals surface area contributed by atoms with Crippen molar-refractivity contribution in [2.24, 2.45) is 0 Å². The minimum absolute atomic E-state index is 0.0898. The molecule has 2 heterocycles. The third-order valence-electron chi connectivity index (χ3n) is 4.22. The average molecular weight is 429 g/mol. The van der Waals surface area contributed by atoms with Crippen LogP contribution < -0.4 is 14.8 Å². The van der Waals surface area contributed by atoms with Gasteiger partial charge in [0.25, 0.3) is 0 Å². The molecule has 0 bridgehead atoms. The number of aryl methyl sites for hydroxylation is 2. The van der Waals surface area contributed by atoms with Crippen LogP contribution in [0.1, 0.15) is 29.6 Å². The first-order valence-corrected chi connectivity index (χ1v) is 11.1. The number of anilines is 1. The van der Waals surface area contributed by atoms with Gasteiger partial charge in [0.1, 0.15) is 11.6 Å². The van der Waals surface area contributed by atoms with Gasteiger partial charge in [-0.15, -0.1) is 0 Å². The molecule has 0 spiro atoms. The molecule has 2 N–H and O–H groups in total. The highest BCUT2D eigenvalue weighted by atomic mass is 32.2. The van der Waals surface area contributed by atoms with Crippen LogP contribution in [0.3, 0.4) is 0 Å². The zero-order valence-electron chi connectivity index (χ0n) is 17.1. The van der Waals surface area contributed by atoms with Gasteiger partial charge >= 0.3 is 0 Å². The van der Waals surface area contributed by atoms with Crippen molar-refractivity contribution in [3.05, 3.63) is 65.4 Å². The molecule has 0 aliphatic rings. The highest BCUT2D eigenvalue weighted by molar-refractivity contribution is 7.88. The van der Waals surface area contributed by atoms with E-state index >= 15 is 0 Å². The van der Waals surface area contributed by atoms with Gasteiger partial charge in [0.2, 0.25) is 21.9 Å². The predicted molar refractivity (Wildman–Crippen MR) is 114 cm³/mol. The minimum atomic E-state index is -3.32. The Hall–Kier alpha value is -3.11. The van der Waals surface area contributed by atoms with Crippen LogP contribution in [-0.4, -0.2) is 35.4 Å². The predicted octanol–water partition coefficient (Wildman–Crippen LogP) is 2.59. The summed E-state index contributed by atoms with van der Waals surface area (Å²) in [5.41, 5.74) is 2.47. The third kappa shape index (κ3) is 6.19. The van der Waals surface area contributed by atoms with Crippen LogP contribution in [0.4, 0.5) is 5.95 Å². The Balaban J connectivity index is 1.65. The van der Waals surface area contributed by atoms with E-state index in [9.17, 15) is 8.42 Å². The number of nitrogens with one attached hydrogen (secondary N) is 2. The summed E-state index contributed by atoms with van der Waals surface area (Å²) in [5.74, 6) is 1.96. The third-order valence-corrected chi connectivity index (χ3v) is 5.56. The molecule has 3 rings (SSSR count). The minimum Gasteiger partial charge on any atom is -0.439 e. The van der Waals surface area contributed by atoms with Crippen molar-refractivity contribution in [3.63, 3.8) is 0 Å². The number of aromatic nitrogens is 4. The van der Waals surface area contributed by atoms with Crippen LogP contribution in [0.5, 0.6) is 11.6 Å². The summed E-state index contributed by atoms with van der Waals surface area (Å²) in [7, 11) is -1.93. The van der Waals surface area contributed by atoms with E-state index in [-0.39, 0.29) is 5.75 Å². The molecule has 1 aromatic carbocycles. The number of ether oxygens (including phenoxy) is 1. The zero-order chi connectivity index (χ0) is 21.6. The summed E-state index contributed by atoms with van der Waals surface area (Å²) in [5, 5.41) is 3.13. The zero-order valence-corrected chi connectivity index (χ0v) is 17.9. The summed E-state index contributed by atoms with van der Waals surface area (Å²) in [6.45, 7) is 4.26. The molecule has 0 atom stereocenters. The lowest BCUT2D eigenvalue weighted by atomic mass is 10.2. The van der Waals surface area contributed by atoms with Gasteiger partial charge in [-0.05, 0) is 43.7 Å². The Labute approximate surface area is 176 Å². The van der Waals surface area contributed by atoms with Crippen LogP contribution in [0.2, 0.25) is 0 Å². The Morgan fingerprint density at radius 2 is 1.73 bits per heavy atom. The molecule has 0 unspecified atom stereocenters. The van der Waals surface area contributed by atoms with E-state index in [4.69, 9.17) is 4.74 Å². The van der Waals surface area contributed by atoms with E-state index in [1.54, 1.807) is 49.6 Å². The lowest BCUT2D eigenvalue weighted by Gasteiger charge is -2.09. The molecule has 0 saturated carbocycles. The second-order valence-electron chi connectivity index (χ2n) is 6.58. The van der Waals surface area contributed by atoms with Crippen LogP contribution in [0.15, 0.2) is 42.7 Å². The van der Waals surface area contributed by atoms with Crippen molar-refractivity contribution in [3.8, 4) is 11.6 Å². The molecule has 10 heteroatoms. The number of hydrogen-bond donors (Lipinski definition) is 2. The molecule has 0 saturated heterocycles. The molecule has 0 amide bonds. The average Bonchev–Trinajstić information content (AvgIpc) is 2.73. The Kier molecular flexibility index (Phi) is 6.91. The fraction of sp³-hybridized carbons (Fsp3) is 0.300. The van der Waals surface area contributed by atoms with E-state index in [0.717, 1.165) is 17.7 Å². The van der Waals surface area contributed by atoms with Crippen LogP contribution >= 0.6 is 0 Å². The van der Waals surface area contributed by atoms with Gasteiger partial charge in [0, 0.05) is 18.5 Å².